The van der Waals surface area contributed by atoms with Crippen LogP contribution < -0.4 is 15.5 Å². The number of nitrogens with zero attached hydrogens (tertiary/aromatic N) is 4. The number of aryl methyl sites for hydroxylation is 1. The minimum atomic E-state index is -0.105. The SMILES string of the molecule is Cc1cccc(NC(=O)CCNc2cc(N3CCCCC3CO)ncn2)n1. The molecule has 2 aromatic rings. The van der Waals surface area contributed by atoms with E-state index in [1.807, 2.05) is 25.1 Å². The summed E-state index contributed by atoms with van der Waals surface area (Å²) in [5.74, 6) is 1.93. The van der Waals surface area contributed by atoms with Gasteiger partial charge in [0.05, 0.1) is 12.6 Å². The number of aromatic nitrogens is 3. The van der Waals surface area contributed by atoms with Crippen molar-refractivity contribution in [2.24, 2.45) is 0 Å². The van der Waals surface area contributed by atoms with Gasteiger partial charge in [-0.15, -0.1) is 0 Å². The van der Waals surface area contributed by atoms with Gasteiger partial charge >= 0.3 is 0 Å². The van der Waals surface area contributed by atoms with Crippen molar-refractivity contribution in [3.8, 4) is 0 Å². The molecule has 3 heterocycles. The molecule has 1 fully saturated rings. The van der Waals surface area contributed by atoms with E-state index in [4.69, 9.17) is 0 Å². The zero-order valence-electron chi connectivity index (χ0n) is 15.6. The van der Waals surface area contributed by atoms with Gasteiger partial charge in [0.2, 0.25) is 5.91 Å². The molecule has 8 heteroatoms. The highest BCUT2D eigenvalue weighted by Crippen LogP contribution is 2.23. The lowest BCUT2D eigenvalue weighted by Gasteiger charge is -2.35. The van der Waals surface area contributed by atoms with Gasteiger partial charge in [-0.25, -0.2) is 15.0 Å². The molecule has 0 spiro atoms. The van der Waals surface area contributed by atoms with Crippen molar-refractivity contribution in [2.45, 2.75) is 38.6 Å². The number of rotatable bonds is 7. The van der Waals surface area contributed by atoms with E-state index in [1.54, 1.807) is 6.07 Å². The molecule has 3 rings (SSSR count). The van der Waals surface area contributed by atoms with Crippen molar-refractivity contribution < 1.29 is 9.90 Å². The lowest BCUT2D eigenvalue weighted by atomic mass is 10.0. The van der Waals surface area contributed by atoms with Crippen LogP contribution in [0.15, 0.2) is 30.6 Å². The third-order valence-corrected chi connectivity index (χ3v) is 4.60. The molecular formula is C19H26N6O2. The minimum Gasteiger partial charge on any atom is -0.394 e. The molecular weight excluding hydrogens is 344 g/mol. The lowest BCUT2D eigenvalue weighted by molar-refractivity contribution is -0.116. The summed E-state index contributed by atoms with van der Waals surface area (Å²) in [6, 6.07) is 7.49. The summed E-state index contributed by atoms with van der Waals surface area (Å²) in [5.41, 5.74) is 0.860. The zero-order valence-corrected chi connectivity index (χ0v) is 15.6. The van der Waals surface area contributed by atoms with Gasteiger partial charge in [-0.1, -0.05) is 6.07 Å². The maximum absolute atomic E-state index is 12.1. The Hall–Kier alpha value is -2.74. The van der Waals surface area contributed by atoms with E-state index < -0.39 is 0 Å². The quantitative estimate of drug-likeness (QED) is 0.684. The number of nitrogens with one attached hydrogen (secondary N) is 2. The van der Waals surface area contributed by atoms with Gasteiger partial charge in [0.1, 0.15) is 23.8 Å². The van der Waals surface area contributed by atoms with Crippen molar-refractivity contribution in [3.63, 3.8) is 0 Å². The Kier molecular flexibility index (Phi) is 6.54. The van der Waals surface area contributed by atoms with Gasteiger partial charge in [-0.3, -0.25) is 4.79 Å². The molecule has 3 N–H and O–H groups in total. The molecule has 0 aliphatic carbocycles. The van der Waals surface area contributed by atoms with Crippen LogP contribution in [0.2, 0.25) is 0 Å². The second kappa shape index (κ2) is 9.27. The number of amides is 1. The Morgan fingerprint density at radius 2 is 2.19 bits per heavy atom. The largest absolute Gasteiger partial charge is 0.394 e. The molecule has 1 saturated heterocycles. The number of hydrogen-bond donors (Lipinski definition) is 3. The first kappa shape index (κ1) is 19.0. The van der Waals surface area contributed by atoms with Crippen LogP contribution in [0.1, 0.15) is 31.4 Å². The smallest absolute Gasteiger partial charge is 0.227 e. The van der Waals surface area contributed by atoms with Crippen molar-refractivity contribution in [1.29, 1.82) is 0 Å². The molecule has 1 atom stereocenters. The third kappa shape index (κ3) is 5.37. The fourth-order valence-electron chi connectivity index (χ4n) is 3.21. The van der Waals surface area contributed by atoms with Crippen LogP contribution in [0.5, 0.6) is 0 Å². The summed E-state index contributed by atoms with van der Waals surface area (Å²) in [7, 11) is 0. The normalized spacial score (nSPS) is 16.8. The van der Waals surface area contributed by atoms with Crippen LogP contribution in [-0.4, -0.2) is 51.7 Å². The second-order valence-electron chi connectivity index (χ2n) is 6.68. The highest BCUT2D eigenvalue weighted by atomic mass is 16.3. The molecule has 8 nitrogen and oxygen atoms in total. The number of hydrogen-bond acceptors (Lipinski definition) is 7. The van der Waals surface area contributed by atoms with Crippen LogP contribution >= 0.6 is 0 Å². The lowest BCUT2D eigenvalue weighted by Crippen LogP contribution is -2.42. The second-order valence-corrected chi connectivity index (χ2v) is 6.68. The number of piperidine rings is 1. The van der Waals surface area contributed by atoms with E-state index in [9.17, 15) is 9.90 Å². The first-order valence-electron chi connectivity index (χ1n) is 9.32. The maximum Gasteiger partial charge on any atom is 0.227 e. The summed E-state index contributed by atoms with van der Waals surface area (Å²) >= 11 is 0. The molecule has 1 amide bonds. The highest BCUT2D eigenvalue weighted by molar-refractivity contribution is 5.90. The van der Waals surface area contributed by atoms with E-state index in [0.29, 0.717) is 24.6 Å². The first-order valence-corrected chi connectivity index (χ1v) is 9.32. The van der Waals surface area contributed by atoms with Crippen molar-refractivity contribution in [1.82, 2.24) is 15.0 Å². The highest BCUT2D eigenvalue weighted by Gasteiger charge is 2.23. The number of aliphatic hydroxyl groups excluding tert-OH is 1. The van der Waals surface area contributed by atoms with Gasteiger partial charge in [-0.05, 0) is 38.3 Å². The maximum atomic E-state index is 12.1. The van der Waals surface area contributed by atoms with E-state index >= 15 is 0 Å². The molecule has 1 aliphatic heterocycles. The summed E-state index contributed by atoms with van der Waals surface area (Å²) in [6.45, 7) is 3.35. The molecule has 2 aromatic heterocycles. The van der Waals surface area contributed by atoms with Gasteiger partial charge < -0.3 is 20.6 Å². The topological polar surface area (TPSA) is 103 Å². The number of carbonyl (C=O) groups excluding carboxylic acids is 1. The molecule has 0 radical (unpaired) electrons. The van der Waals surface area contributed by atoms with Crippen LogP contribution in [0, 0.1) is 6.92 Å². The molecule has 0 saturated carbocycles. The monoisotopic (exact) mass is 370 g/mol. The predicted molar refractivity (Wildman–Crippen MR) is 105 cm³/mol. The Morgan fingerprint density at radius 3 is 3.00 bits per heavy atom. The molecule has 0 aromatic carbocycles. The molecule has 27 heavy (non-hydrogen) atoms. The van der Waals surface area contributed by atoms with E-state index in [-0.39, 0.29) is 18.6 Å². The zero-order chi connectivity index (χ0) is 19.1. The Morgan fingerprint density at radius 1 is 1.30 bits per heavy atom. The Labute approximate surface area is 159 Å². The average Bonchev–Trinajstić information content (AvgIpc) is 2.68. The first-order chi connectivity index (χ1) is 13.2. The van der Waals surface area contributed by atoms with Crippen LogP contribution in [0.3, 0.4) is 0 Å². The summed E-state index contributed by atoms with van der Waals surface area (Å²) < 4.78 is 0. The molecule has 144 valence electrons. The van der Waals surface area contributed by atoms with Gasteiger partial charge in [0, 0.05) is 31.3 Å². The van der Waals surface area contributed by atoms with E-state index in [0.717, 1.165) is 37.3 Å². The number of aliphatic hydroxyl groups is 1. The summed E-state index contributed by atoms with van der Waals surface area (Å²) in [5, 5.41) is 15.5. The third-order valence-electron chi connectivity index (χ3n) is 4.60. The van der Waals surface area contributed by atoms with Gasteiger partial charge in [0.25, 0.3) is 0 Å². The standard InChI is InChI=1S/C19H26N6O2/c1-14-5-4-7-16(23-14)24-19(27)8-9-20-17-11-18(22-13-21-17)25-10-3-2-6-15(25)12-26/h4-5,7,11,13,15,26H,2-3,6,8-10,12H2,1H3,(H,20,21,22)(H,23,24,27). The number of anilines is 3. The Balaban J connectivity index is 1.51. The average molecular weight is 370 g/mol. The van der Waals surface area contributed by atoms with Crippen LogP contribution in [-0.2, 0) is 4.79 Å². The fourth-order valence-corrected chi connectivity index (χ4v) is 3.21. The van der Waals surface area contributed by atoms with E-state index in [1.165, 1.54) is 6.33 Å². The van der Waals surface area contributed by atoms with Crippen molar-refractivity contribution >= 4 is 23.4 Å². The van der Waals surface area contributed by atoms with E-state index in [2.05, 4.69) is 30.5 Å². The van der Waals surface area contributed by atoms with Gasteiger partial charge in [0.15, 0.2) is 0 Å². The van der Waals surface area contributed by atoms with Crippen LogP contribution in [0.25, 0.3) is 0 Å². The number of pyridine rings is 1. The summed E-state index contributed by atoms with van der Waals surface area (Å²) in [6.07, 6.45) is 5.01. The van der Waals surface area contributed by atoms with Crippen molar-refractivity contribution in [3.05, 3.63) is 36.3 Å². The minimum absolute atomic E-state index is 0.105. The van der Waals surface area contributed by atoms with Crippen LogP contribution in [0.4, 0.5) is 17.5 Å². The fraction of sp³-hybridized carbons (Fsp3) is 0.474. The number of carbonyl (C=O) groups is 1. The molecule has 1 unspecified atom stereocenters. The van der Waals surface area contributed by atoms with Crippen molar-refractivity contribution in [2.75, 3.05) is 35.2 Å². The van der Waals surface area contributed by atoms with Gasteiger partial charge in [-0.2, -0.15) is 0 Å². The summed E-state index contributed by atoms with van der Waals surface area (Å²) in [4.78, 5) is 27.0. The molecule has 1 aliphatic rings. The predicted octanol–water partition coefficient (Wildman–Crippen LogP) is 1.97. The molecule has 0 bridgehead atoms. The Bertz CT molecular complexity index is 769.